The number of anilines is 2. The van der Waals surface area contributed by atoms with Gasteiger partial charge in [-0.2, -0.15) is 4.98 Å². The number of aromatic nitrogens is 4. The number of nitrogens with zero attached hydrogens (tertiary/aromatic N) is 4. The van der Waals surface area contributed by atoms with E-state index in [4.69, 9.17) is 16.1 Å². The van der Waals surface area contributed by atoms with Crippen LogP contribution in [0.5, 0.6) is 0 Å². The number of hydrogen-bond donors (Lipinski definition) is 1. The molecule has 0 bridgehead atoms. The van der Waals surface area contributed by atoms with E-state index in [0.717, 1.165) is 15.6 Å². The minimum atomic E-state index is -0.286. The first-order valence-corrected chi connectivity index (χ1v) is 9.91. The second kappa shape index (κ2) is 8.03. The normalized spacial score (nSPS) is 10.9. The maximum Gasteiger partial charge on any atom is 0.237 e. The van der Waals surface area contributed by atoms with E-state index in [0.29, 0.717) is 27.6 Å². The van der Waals surface area contributed by atoms with Gasteiger partial charge in [0.05, 0.1) is 5.75 Å². The molecule has 0 saturated carbocycles. The smallest absolute Gasteiger partial charge is 0.237 e. The molecule has 136 valence electrons. The Morgan fingerprint density at radius 1 is 1.15 bits per heavy atom. The van der Waals surface area contributed by atoms with Gasteiger partial charge in [0.1, 0.15) is 5.82 Å². The number of nitrogens with one attached hydrogen (secondary N) is 1. The van der Waals surface area contributed by atoms with Crippen LogP contribution >= 0.6 is 34.7 Å². The zero-order valence-electron chi connectivity index (χ0n) is 13.6. The average Bonchev–Trinajstić information content (AvgIpc) is 3.31. The summed E-state index contributed by atoms with van der Waals surface area (Å²) in [6.45, 7) is 0. The van der Waals surface area contributed by atoms with Crippen LogP contribution in [0.25, 0.3) is 11.4 Å². The summed E-state index contributed by atoms with van der Waals surface area (Å²) in [6.07, 6.45) is 0. The molecule has 0 saturated heterocycles. The van der Waals surface area contributed by atoms with Gasteiger partial charge in [0.2, 0.25) is 16.8 Å². The van der Waals surface area contributed by atoms with Crippen LogP contribution in [-0.4, -0.2) is 20.3 Å². The van der Waals surface area contributed by atoms with Crippen LogP contribution in [0, 0.1) is 5.82 Å². The van der Waals surface area contributed by atoms with Crippen molar-refractivity contribution in [3.8, 4) is 11.4 Å². The number of rotatable bonds is 6. The molecule has 0 atom stereocenters. The molecule has 0 aliphatic rings. The summed E-state index contributed by atoms with van der Waals surface area (Å²) in [7, 11) is 0. The van der Waals surface area contributed by atoms with Gasteiger partial charge in [-0.05, 0) is 36.4 Å². The Balaban J connectivity index is 1.37. The van der Waals surface area contributed by atoms with E-state index in [1.54, 1.807) is 24.3 Å². The highest BCUT2D eigenvalue weighted by molar-refractivity contribution is 8.00. The molecule has 1 N–H and O–H groups in total. The highest BCUT2D eigenvalue weighted by atomic mass is 35.5. The molecule has 6 nitrogen and oxygen atoms in total. The minimum Gasteiger partial charge on any atom is -0.338 e. The van der Waals surface area contributed by atoms with E-state index >= 15 is 0 Å². The Hall–Kier alpha value is -2.49. The number of benzene rings is 2. The summed E-state index contributed by atoms with van der Waals surface area (Å²) in [5.74, 6) is 1.16. The molecule has 0 aliphatic carbocycles. The van der Waals surface area contributed by atoms with Crippen molar-refractivity contribution in [1.29, 1.82) is 0 Å². The molecule has 2 aromatic heterocycles. The zero-order chi connectivity index (χ0) is 18.6. The van der Waals surface area contributed by atoms with E-state index in [1.165, 1.54) is 35.2 Å². The lowest BCUT2D eigenvalue weighted by Gasteiger charge is -2.00. The van der Waals surface area contributed by atoms with Crippen LogP contribution in [0.3, 0.4) is 0 Å². The van der Waals surface area contributed by atoms with Gasteiger partial charge < -0.3 is 9.84 Å². The lowest BCUT2D eigenvalue weighted by Crippen LogP contribution is -1.89. The molecule has 4 rings (SSSR count). The molecule has 0 radical (unpaired) electrons. The first-order chi connectivity index (χ1) is 13.2. The second-order valence-electron chi connectivity index (χ2n) is 5.32. The summed E-state index contributed by atoms with van der Waals surface area (Å²) in [4.78, 5) is 4.37. The Morgan fingerprint density at radius 3 is 2.81 bits per heavy atom. The minimum absolute atomic E-state index is 0.286. The maximum atomic E-state index is 12.9. The fourth-order valence-corrected chi connectivity index (χ4v) is 3.96. The monoisotopic (exact) mass is 419 g/mol. The fourth-order valence-electron chi connectivity index (χ4n) is 2.16. The average molecular weight is 420 g/mol. The van der Waals surface area contributed by atoms with Gasteiger partial charge in [0.25, 0.3) is 0 Å². The SMILES string of the molecule is Fc1ccc(Nc2nnc(SCc3nc(-c4cccc(Cl)c4)no3)s2)cc1. The van der Waals surface area contributed by atoms with Crippen molar-refractivity contribution in [2.45, 2.75) is 10.1 Å². The number of halogens is 2. The zero-order valence-corrected chi connectivity index (χ0v) is 16.0. The molecule has 0 fully saturated rings. The highest BCUT2D eigenvalue weighted by Gasteiger charge is 2.11. The Morgan fingerprint density at radius 2 is 2.00 bits per heavy atom. The van der Waals surface area contributed by atoms with E-state index in [2.05, 4.69) is 25.7 Å². The van der Waals surface area contributed by atoms with Crippen LogP contribution in [0.15, 0.2) is 57.4 Å². The van der Waals surface area contributed by atoms with Crippen LogP contribution < -0.4 is 5.32 Å². The van der Waals surface area contributed by atoms with Gasteiger partial charge in [-0.15, -0.1) is 10.2 Å². The molecule has 0 unspecified atom stereocenters. The van der Waals surface area contributed by atoms with Crippen molar-refractivity contribution in [2.24, 2.45) is 0 Å². The molecule has 0 aliphatic heterocycles. The quantitative estimate of drug-likeness (QED) is 0.418. The lowest BCUT2D eigenvalue weighted by atomic mass is 10.2. The summed E-state index contributed by atoms with van der Waals surface area (Å²) in [5, 5.41) is 16.5. The van der Waals surface area contributed by atoms with Crippen molar-refractivity contribution < 1.29 is 8.91 Å². The number of hydrogen-bond acceptors (Lipinski definition) is 8. The molecule has 27 heavy (non-hydrogen) atoms. The second-order valence-corrected chi connectivity index (χ2v) is 7.95. The summed E-state index contributed by atoms with van der Waals surface area (Å²) in [6, 6.07) is 13.3. The lowest BCUT2D eigenvalue weighted by molar-refractivity contribution is 0.391. The standard InChI is InChI=1S/C17H11ClFN5OS2/c18-11-3-1-2-10(8-11)15-21-14(25-24-15)9-26-17-23-22-16(27-17)20-13-6-4-12(19)5-7-13/h1-8H,9H2,(H,20,22). The molecular weight excluding hydrogens is 409 g/mol. The van der Waals surface area contributed by atoms with Crippen LogP contribution in [0.1, 0.15) is 5.89 Å². The highest BCUT2D eigenvalue weighted by Crippen LogP contribution is 2.30. The molecule has 4 aromatic rings. The molecular formula is C17H11ClFN5OS2. The summed E-state index contributed by atoms with van der Waals surface area (Å²) < 4.78 is 19.0. The third kappa shape index (κ3) is 4.62. The Bertz CT molecular complexity index is 1050. The van der Waals surface area contributed by atoms with Crippen LogP contribution in [0.4, 0.5) is 15.2 Å². The van der Waals surface area contributed by atoms with Crippen LogP contribution in [0.2, 0.25) is 5.02 Å². The van der Waals surface area contributed by atoms with Gasteiger partial charge in [-0.25, -0.2) is 4.39 Å². The Labute approximate surface area is 166 Å². The van der Waals surface area contributed by atoms with Gasteiger partial charge in [0.15, 0.2) is 4.34 Å². The third-order valence-electron chi connectivity index (χ3n) is 3.37. The van der Waals surface area contributed by atoms with E-state index in [9.17, 15) is 4.39 Å². The molecule has 10 heteroatoms. The fraction of sp³-hybridized carbons (Fsp3) is 0.0588. The largest absolute Gasteiger partial charge is 0.338 e. The van der Waals surface area contributed by atoms with Gasteiger partial charge in [-0.3, -0.25) is 0 Å². The first kappa shape index (κ1) is 17.9. The third-order valence-corrected chi connectivity index (χ3v) is 5.56. The first-order valence-electron chi connectivity index (χ1n) is 7.73. The summed E-state index contributed by atoms with van der Waals surface area (Å²) in [5.41, 5.74) is 1.54. The predicted octanol–water partition coefficient (Wildman–Crippen LogP) is 5.42. The van der Waals surface area contributed by atoms with Crippen molar-refractivity contribution in [2.75, 3.05) is 5.32 Å². The maximum absolute atomic E-state index is 12.9. The molecule has 0 spiro atoms. The van der Waals surface area contributed by atoms with Gasteiger partial charge in [-0.1, -0.05) is 52.0 Å². The van der Waals surface area contributed by atoms with Crippen LogP contribution in [-0.2, 0) is 5.75 Å². The predicted molar refractivity (Wildman–Crippen MR) is 104 cm³/mol. The molecule has 0 amide bonds. The number of thioether (sulfide) groups is 1. The van der Waals surface area contributed by atoms with E-state index in [-0.39, 0.29) is 5.82 Å². The van der Waals surface area contributed by atoms with Crippen molar-refractivity contribution in [3.05, 3.63) is 65.3 Å². The van der Waals surface area contributed by atoms with Gasteiger partial charge >= 0.3 is 0 Å². The van der Waals surface area contributed by atoms with Crippen molar-refractivity contribution in [1.82, 2.24) is 20.3 Å². The van der Waals surface area contributed by atoms with E-state index in [1.807, 2.05) is 12.1 Å². The Kier molecular flexibility index (Phi) is 5.33. The van der Waals surface area contributed by atoms with E-state index < -0.39 is 0 Å². The molecule has 2 aromatic carbocycles. The van der Waals surface area contributed by atoms with Gasteiger partial charge in [0, 0.05) is 16.3 Å². The summed E-state index contributed by atoms with van der Waals surface area (Å²) >= 11 is 8.81. The van der Waals surface area contributed by atoms with Crippen molar-refractivity contribution >= 4 is 45.5 Å². The van der Waals surface area contributed by atoms with Crippen molar-refractivity contribution in [3.63, 3.8) is 0 Å². The topological polar surface area (TPSA) is 76.7 Å². The molecule has 2 heterocycles.